The second kappa shape index (κ2) is 8.23. The zero-order chi connectivity index (χ0) is 14.4. The van der Waals surface area contributed by atoms with Crippen molar-refractivity contribution in [1.29, 1.82) is 0 Å². The molecule has 0 amide bonds. The van der Waals surface area contributed by atoms with Gasteiger partial charge in [0.1, 0.15) is 0 Å². The Morgan fingerprint density at radius 2 is 1.89 bits per heavy atom. The van der Waals surface area contributed by atoms with Crippen LogP contribution in [0, 0.1) is 5.92 Å². The molecule has 1 fully saturated rings. The van der Waals surface area contributed by atoms with Crippen LogP contribution in [-0.2, 0) is 4.74 Å². The van der Waals surface area contributed by atoms with Gasteiger partial charge in [0.15, 0.2) is 0 Å². The molecule has 1 aliphatic heterocycles. The maximum atomic E-state index is 10.2. The van der Waals surface area contributed by atoms with Crippen LogP contribution in [0.25, 0.3) is 0 Å². The Hall–Kier alpha value is -0.120. The number of unbranched alkanes of at least 4 members (excludes halogenated alkanes) is 1. The first-order valence-corrected chi connectivity index (χ1v) is 8.01. The molecular formula is C16H33NO2. The number of aliphatic hydroxyl groups is 1. The smallest absolute Gasteiger partial charge is 0.0954 e. The fraction of sp³-hybridized carbons (Fsp3) is 1.00. The van der Waals surface area contributed by atoms with Crippen LogP contribution < -0.4 is 0 Å². The van der Waals surface area contributed by atoms with E-state index in [0.717, 1.165) is 6.42 Å². The van der Waals surface area contributed by atoms with Crippen LogP contribution in [0.5, 0.6) is 0 Å². The predicted molar refractivity (Wildman–Crippen MR) is 80.4 cm³/mol. The number of hydrogen-bond acceptors (Lipinski definition) is 3. The van der Waals surface area contributed by atoms with Crippen LogP contribution in [0.1, 0.15) is 59.3 Å². The topological polar surface area (TPSA) is 32.7 Å². The molecule has 2 unspecified atom stereocenters. The second-order valence-corrected chi connectivity index (χ2v) is 6.33. The number of rotatable bonds is 7. The van der Waals surface area contributed by atoms with Crippen molar-refractivity contribution in [2.45, 2.75) is 83.6 Å². The average Bonchev–Trinajstić information content (AvgIpc) is 2.37. The lowest BCUT2D eigenvalue weighted by molar-refractivity contribution is -0.157. The molecule has 0 aromatic rings. The van der Waals surface area contributed by atoms with E-state index in [4.69, 9.17) is 4.74 Å². The van der Waals surface area contributed by atoms with Crippen molar-refractivity contribution < 1.29 is 9.84 Å². The van der Waals surface area contributed by atoms with E-state index in [1.807, 2.05) is 6.92 Å². The summed E-state index contributed by atoms with van der Waals surface area (Å²) in [6.45, 7) is 6.51. The van der Waals surface area contributed by atoms with Crippen molar-refractivity contribution >= 4 is 0 Å². The molecule has 0 aliphatic carbocycles. The molecule has 1 saturated heterocycles. The maximum Gasteiger partial charge on any atom is 0.0954 e. The summed E-state index contributed by atoms with van der Waals surface area (Å²) in [5, 5.41) is 10.2. The first-order chi connectivity index (χ1) is 9.01. The summed E-state index contributed by atoms with van der Waals surface area (Å²) in [6.07, 6.45) is 7.14. The molecule has 0 saturated carbocycles. The van der Waals surface area contributed by atoms with Gasteiger partial charge in [0, 0.05) is 6.04 Å². The van der Waals surface area contributed by atoms with E-state index in [9.17, 15) is 5.11 Å². The van der Waals surface area contributed by atoms with Gasteiger partial charge in [-0.25, -0.2) is 0 Å². The van der Waals surface area contributed by atoms with Crippen molar-refractivity contribution in [3.05, 3.63) is 0 Å². The van der Waals surface area contributed by atoms with Gasteiger partial charge in [-0.2, -0.15) is 0 Å². The molecule has 0 aromatic carbocycles. The average molecular weight is 271 g/mol. The van der Waals surface area contributed by atoms with Gasteiger partial charge >= 0.3 is 0 Å². The summed E-state index contributed by atoms with van der Waals surface area (Å²) in [6, 6.07) is 0.231. The SMILES string of the molecule is CCCCC(CCC)C1C[C@@H](N(C)C)[C@H](O)[C@@H](C)O1. The van der Waals surface area contributed by atoms with Crippen LogP contribution in [0.2, 0.25) is 0 Å². The quantitative estimate of drug-likeness (QED) is 0.772. The Bertz CT molecular complexity index is 245. The number of ether oxygens (including phenoxy) is 1. The minimum absolute atomic E-state index is 0.0490. The first kappa shape index (κ1) is 16.9. The fourth-order valence-corrected chi connectivity index (χ4v) is 3.28. The van der Waals surface area contributed by atoms with E-state index < -0.39 is 0 Å². The van der Waals surface area contributed by atoms with E-state index in [1.54, 1.807) is 0 Å². The monoisotopic (exact) mass is 271 g/mol. The molecule has 3 heteroatoms. The normalized spacial score (nSPS) is 33.6. The molecular weight excluding hydrogens is 238 g/mol. The predicted octanol–water partition coefficient (Wildman–Crippen LogP) is 3.06. The van der Waals surface area contributed by atoms with Crippen LogP contribution in [0.15, 0.2) is 0 Å². The molecule has 19 heavy (non-hydrogen) atoms. The minimum atomic E-state index is -0.361. The molecule has 1 N–H and O–H groups in total. The minimum Gasteiger partial charge on any atom is -0.389 e. The first-order valence-electron chi connectivity index (χ1n) is 8.01. The van der Waals surface area contributed by atoms with E-state index in [1.165, 1.54) is 32.1 Å². The van der Waals surface area contributed by atoms with Crippen LogP contribution >= 0.6 is 0 Å². The Morgan fingerprint density at radius 3 is 2.42 bits per heavy atom. The number of nitrogens with zero attached hydrogens (tertiary/aromatic N) is 1. The van der Waals surface area contributed by atoms with Crippen molar-refractivity contribution in [3.63, 3.8) is 0 Å². The highest BCUT2D eigenvalue weighted by Crippen LogP contribution is 2.32. The van der Waals surface area contributed by atoms with Crippen molar-refractivity contribution in [2.24, 2.45) is 5.92 Å². The van der Waals surface area contributed by atoms with Crippen LogP contribution in [-0.4, -0.2) is 48.5 Å². The highest BCUT2D eigenvalue weighted by atomic mass is 16.5. The zero-order valence-electron chi connectivity index (χ0n) is 13.4. The summed E-state index contributed by atoms with van der Waals surface area (Å²) in [4.78, 5) is 2.15. The third-order valence-electron chi connectivity index (χ3n) is 4.52. The Balaban J connectivity index is 2.68. The molecule has 114 valence electrons. The van der Waals surface area contributed by atoms with Crippen molar-refractivity contribution in [3.8, 4) is 0 Å². The van der Waals surface area contributed by atoms with E-state index in [-0.39, 0.29) is 18.2 Å². The van der Waals surface area contributed by atoms with Gasteiger partial charge in [-0.15, -0.1) is 0 Å². The van der Waals surface area contributed by atoms with Gasteiger partial charge in [0.25, 0.3) is 0 Å². The maximum absolute atomic E-state index is 10.2. The van der Waals surface area contributed by atoms with E-state index in [0.29, 0.717) is 12.0 Å². The Morgan fingerprint density at radius 1 is 1.21 bits per heavy atom. The lowest BCUT2D eigenvalue weighted by atomic mass is 9.84. The van der Waals surface area contributed by atoms with Gasteiger partial charge in [-0.3, -0.25) is 0 Å². The third-order valence-corrected chi connectivity index (χ3v) is 4.52. The summed E-state index contributed by atoms with van der Waals surface area (Å²) in [7, 11) is 4.12. The van der Waals surface area contributed by atoms with Gasteiger partial charge in [-0.05, 0) is 46.2 Å². The summed E-state index contributed by atoms with van der Waals surface area (Å²) >= 11 is 0. The largest absolute Gasteiger partial charge is 0.389 e. The molecule has 0 spiro atoms. The van der Waals surface area contributed by atoms with Crippen molar-refractivity contribution in [1.82, 2.24) is 4.90 Å². The van der Waals surface area contributed by atoms with Crippen molar-refractivity contribution in [2.75, 3.05) is 14.1 Å². The summed E-state index contributed by atoms with van der Waals surface area (Å²) in [5.74, 6) is 0.655. The lowest BCUT2D eigenvalue weighted by Crippen LogP contribution is -2.54. The Kier molecular flexibility index (Phi) is 7.33. The van der Waals surface area contributed by atoms with Gasteiger partial charge in [-0.1, -0.05) is 33.1 Å². The highest BCUT2D eigenvalue weighted by Gasteiger charge is 2.38. The van der Waals surface area contributed by atoms with Gasteiger partial charge in [0.2, 0.25) is 0 Å². The molecule has 5 atom stereocenters. The molecule has 1 rings (SSSR count). The molecule has 1 heterocycles. The molecule has 0 aromatic heterocycles. The van der Waals surface area contributed by atoms with Gasteiger partial charge in [0.05, 0.1) is 18.3 Å². The molecule has 0 bridgehead atoms. The highest BCUT2D eigenvalue weighted by molar-refractivity contribution is 4.90. The van der Waals surface area contributed by atoms with Gasteiger partial charge < -0.3 is 14.7 Å². The summed E-state index contributed by atoms with van der Waals surface area (Å²) < 4.78 is 6.11. The van der Waals surface area contributed by atoms with E-state index in [2.05, 4.69) is 32.8 Å². The lowest BCUT2D eigenvalue weighted by Gasteiger charge is -2.43. The zero-order valence-corrected chi connectivity index (χ0v) is 13.4. The number of aliphatic hydroxyl groups excluding tert-OH is 1. The Labute approximate surface area is 119 Å². The fourth-order valence-electron chi connectivity index (χ4n) is 3.28. The molecule has 3 nitrogen and oxygen atoms in total. The molecule has 1 aliphatic rings. The molecule has 0 radical (unpaired) electrons. The summed E-state index contributed by atoms with van der Waals surface area (Å²) in [5.41, 5.74) is 0. The number of hydrogen-bond donors (Lipinski definition) is 1. The van der Waals surface area contributed by atoms with Crippen LogP contribution in [0.3, 0.4) is 0 Å². The van der Waals surface area contributed by atoms with Crippen LogP contribution in [0.4, 0.5) is 0 Å². The standard InChI is InChI=1S/C16H33NO2/c1-6-8-10-13(9-7-2)15-11-14(17(4)5)16(18)12(3)19-15/h12-16,18H,6-11H2,1-5H3/t12-,13?,14-,15?,16-/m1/s1. The second-order valence-electron chi connectivity index (χ2n) is 6.33. The number of likely N-dealkylation sites (N-methyl/N-ethyl adjacent to an activating group) is 1. The van der Waals surface area contributed by atoms with E-state index >= 15 is 0 Å². The third kappa shape index (κ3) is 4.73.